The van der Waals surface area contributed by atoms with Crippen LogP contribution < -0.4 is 5.32 Å². The molecule has 1 saturated heterocycles. The van der Waals surface area contributed by atoms with Crippen LogP contribution in [0.1, 0.15) is 44.9 Å². The minimum absolute atomic E-state index is 0.0468. The van der Waals surface area contributed by atoms with Gasteiger partial charge >= 0.3 is 0 Å². The number of fused-ring (bicyclic) bond motifs is 1. The standard InChI is InChI=1S/C18H21N3O2/c1-18(2)14-7-6-12(9-15(14)20-17(18)22)13-10-19-21(11-13)16-5-3-4-8-23-16/h6-7,9-11,16H,3-5,8H2,1-2H3,(H,20,22). The molecular formula is C18H21N3O2. The fourth-order valence-corrected chi connectivity index (χ4v) is 3.35. The minimum Gasteiger partial charge on any atom is -0.357 e. The highest BCUT2D eigenvalue weighted by atomic mass is 16.5. The molecular weight excluding hydrogens is 290 g/mol. The number of carbonyl (C=O) groups excluding carboxylic acids is 1. The summed E-state index contributed by atoms with van der Waals surface area (Å²) in [6.45, 7) is 4.71. The summed E-state index contributed by atoms with van der Waals surface area (Å²) >= 11 is 0. The Labute approximate surface area is 135 Å². The molecule has 4 rings (SSSR count). The molecule has 2 aromatic rings. The second kappa shape index (κ2) is 5.20. The molecule has 0 saturated carbocycles. The van der Waals surface area contributed by atoms with Crippen molar-refractivity contribution in [3.05, 3.63) is 36.2 Å². The van der Waals surface area contributed by atoms with Crippen molar-refractivity contribution >= 4 is 11.6 Å². The molecule has 1 atom stereocenters. The van der Waals surface area contributed by atoms with Gasteiger partial charge in [0.05, 0.1) is 11.6 Å². The van der Waals surface area contributed by atoms with Gasteiger partial charge in [0.15, 0.2) is 0 Å². The molecule has 1 aromatic carbocycles. The molecule has 23 heavy (non-hydrogen) atoms. The van der Waals surface area contributed by atoms with E-state index in [2.05, 4.69) is 16.5 Å². The summed E-state index contributed by atoms with van der Waals surface area (Å²) in [5.74, 6) is 0.0518. The summed E-state index contributed by atoms with van der Waals surface area (Å²) in [4.78, 5) is 12.1. The van der Waals surface area contributed by atoms with Gasteiger partial charge < -0.3 is 10.1 Å². The monoisotopic (exact) mass is 311 g/mol. The molecule has 0 bridgehead atoms. The first-order chi connectivity index (χ1) is 11.1. The Morgan fingerprint density at radius 1 is 1.30 bits per heavy atom. The Morgan fingerprint density at radius 3 is 2.96 bits per heavy atom. The van der Waals surface area contributed by atoms with Crippen LogP contribution in [-0.2, 0) is 14.9 Å². The summed E-state index contributed by atoms with van der Waals surface area (Å²) in [5.41, 5.74) is 3.59. The first-order valence-electron chi connectivity index (χ1n) is 8.18. The zero-order valence-corrected chi connectivity index (χ0v) is 13.5. The van der Waals surface area contributed by atoms with Crippen molar-refractivity contribution in [2.75, 3.05) is 11.9 Å². The molecule has 2 aliphatic rings. The Bertz CT molecular complexity index is 757. The van der Waals surface area contributed by atoms with Crippen molar-refractivity contribution in [2.24, 2.45) is 0 Å². The fraction of sp³-hybridized carbons (Fsp3) is 0.444. The van der Waals surface area contributed by atoms with Crippen LogP contribution in [0.25, 0.3) is 11.1 Å². The lowest BCUT2D eigenvalue weighted by molar-refractivity contribution is -0.119. The fourth-order valence-electron chi connectivity index (χ4n) is 3.35. The predicted molar refractivity (Wildman–Crippen MR) is 88.2 cm³/mol. The molecule has 0 aliphatic carbocycles. The van der Waals surface area contributed by atoms with Gasteiger partial charge in [-0.1, -0.05) is 12.1 Å². The largest absolute Gasteiger partial charge is 0.357 e. The highest BCUT2D eigenvalue weighted by Crippen LogP contribution is 2.39. The molecule has 0 spiro atoms. The lowest BCUT2D eigenvalue weighted by Crippen LogP contribution is -2.26. The number of nitrogens with one attached hydrogen (secondary N) is 1. The summed E-state index contributed by atoms with van der Waals surface area (Å²) in [6, 6.07) is 6.13. The number of ether oxygens (including phenoxy) is 1. The maximum atomic E-state index is 12.1. The molecule has 5 heteroatoms. The highest BCUT2D eigenvalue weighted by molar-refractivity contribution is 6.06. The highest BCUT2D eigenvalue weighted by Gasteiger charge is 2.38. The first kappa shape index (κ1) is 14.5. The number of hydrogen-bond donors (Lipinski definition) is 1. The molecule has 1 aromatic heterocycles. The normalized spacial score (nSPS) is 22.7. The predicted octanol–water partition coefficient (Wildman–Crippen LogP) is 3.48. The summed E-state index contributed by atoms with van der Waals surface area (Å²) in [5, 5.41) is 7.43. The third-order valence-electron chi connectivity index (χ3n) is 4.89. The molecule has 1 N–H and O–H groups in total. The van der Waals surface area contributed by atoms with Gasteiger partial charge in [0.2, 0.25) is 5.91 Å². The Balaban J connectivity index is 1.64. The van der Waals surface area contributed by atoms with Crippen LogP contribution in [0.4, 0.5) is 5.69 Å². The van der Waals surface area contributed by atoms with Gasteiger partial charge in [-0.25, -0.2) is 4.68 Å². The van der Waals surface area contributed by atoms with Crippen molar-refractivity contribution in [3.8, 4) is 11.1 Å². The van der Waals surface area contributed by atoms with Crippen LogP contribution in [0, 0.1) is 0 Å². The molecule has 120 valence electrons. The van der Waals surface area contributed by atoms with Crippen molar-refractivity contribution in [2.45, 2.75) is 44.8 Å². The van der Waals surface area contributed by atoms with E-state index in [1.807, 2.05) is 43.1 Å². The van der Waals surface area contributed by atoms with Crippen LogP contribution in [0.5, 0.6) is 0 Å². The lowest BCUT2D eigenvalue weighted by atomic mass is 9.85. The first-order valence-corrected chi connectivity index (χ1v) is 8.18. The molecule has 1 unspecified atom stereocenters. The van der Waals surface area contributed by atoms with Gasteiger partial charge in [-0.3, -0.25) is 4.79 Å². The summed E-state index contributed by atoms with van der Waals surface area (Å²) < 4.78 is 7.68. The number of aromatic nitrogens is 2. The van der Waals surface area contributed by atoms with Crippen molar-refractivity contribution in [1.82, 2.24) is 9.78 Å². The molecule has 1 fully saturated rings. The Hall–Kier alpha value is -2.14. The zero-order valence-electron chi connectivity index (χ0n) is 13.5. The smallest absolute Gasteiger partial charge is 0.234 e. The number of amides is 1. The van der Waals surface area contributed by atoms with Crippen molar-refractivity contribution in [1.29, 1.82) is 0 Å². The maximum absolute atomic E-state index is 12.1. The van der Waals surface area contributed by atoms with E-state index in [4.69, 9.17) is 4.74 Å². The van der Waals surface area contributed by atoms with E-state index < -0.39 is 5.41 Å². The average Bonchev–Trinajstić information content (AvgIpc) is 3.12. The quantitative estimate of drug-likeness (QED) is 0.924. The molecule has 5 nitrogen and oxygen atoms in total. The van der Waals surface area contributed by atoms with E-state index in [1.54, 1.807) is 0 Å². The lowest BCUT2D eigenvalue weighted by Gasteiger charge is -2.22. The number of hydrogen-bond acceptors (Lipinski definition) is 3. The van der Waals surface area contributed by atoms with Gasteiger partial charge in [-0.2, -0.15) is 5.10 Å². The van der Waals surface area contributed by atoms with Crippen molar-refractivity contribution in [3.63, 3.8) is 0 Å². The Morgan fingerprint density at radius 2 is 2.17 bits per heavy atom. The topological polar surface area (TPSA) is 56.2 Å². The van der Waals surface area contributed by atoms with E-state index in [1.165, 1.54) is 6.42 Å². The second-order valence-electron chi connectivity index (χ2n) is 6.87. The van der Waals surface area contributed by atoms with Gasteiger partial charge in [0, 0.05) is 24.1 Å². The van der Waals surface area contributed by atoms with E-state index in [-0.39, 0.29) is 12.1 Å². The average molecular weight is 311 g/mol. The molecule has 2 aliphatic heterocycles. The van der Waals surface area contributed by atoms with Crippen LogP contribution in [0.2, 0.25) is 0 Å². The van der Waals surface area contributed by atoms with Gasteiger partial charge in [-0.05, 0) is 50.3 Å². The number of anilines is 1. The summed E-state index contributed by atoms with van der Waals surface area (Å²) in [6.07, 6.45) is 7.26. The van der Waals surface area contributed by atoms with Crippen LogP contribution >= 0.6 is 0 Å². The second-order valence-corrected chi connectivity index (χ2v) is 6.87. The maximum Gasteiger partial charge on any atom is 0.234 e. The summed E-state index contributed by atoms with van der Waals surface area (Å²) in [7, 11) is 0. The number of benzene rings is 1. The third kappa shape index (κ3) is 2.36. The van der Waals surface area contributed by atoms with Crippen molar-refractivity contribution < 1.29 is 9.53 Å². The number of carbonyl (C=O) groups is 1. The third-order valence-corrected chi connectivity index (χ3v) is 4.89. The van der Waals surface area contributed by atoms with E-state index in [9.17, 15) is 4.79 Å². The van der Waals surface area contributed by atoms with E-state index in [0.29, 0.717) is 0 Å². The zero-order chi connectivity index (χ0) is 16.0. The van der Waals surface area contributed by atoms with Crippen LogP contribution in [0.15, 0.2) is 30.6 Å². The Kier molecular flexibility index (Phi) is 3.27. The number of rotatable bonds is 2. The van der Waals surface area contributed by atoms with Gasteiger partial charge in [-0.15, -0.1) is 0 Å². The van der Waals surface area contributed by atoms with E-state index >= 15 is 0 Å². The number of nitrogens with zero attached hydrogens (tertiary/aromatic N) is 2. The SMILES string of the molecule is CC1(C)C(=O)Nc2cc(-c3cnn(C4CCCCO4)c3)ccc21. The van der Waals surface area contributed by atoms with Gasteiger partial charge in [0.1, 0.15) is 6.23 Å². The van der Waals surface area contributed by atoms with Crippen LogP contribution in [-0.4, -0.2) is 22.3 Å². The molecule has 3 heterocycles. The van der Waals surface area contributed by atoms with Gasteiger partial charge in [0.25, 0.3) is 0 Å². The van der Waals surface area contributed by atoms with E-state index in [0.717, 1.165) is 41.8 Å². The molecule has 0 radical (unpaired) electrons. The molecule has 1 amide bonds. The van der Waals surface area contributed by atoms with Crippen LogP contribution in [0.3, 0.4) is 0 Å². The minimum atomic E-state index is -0.464.